The minimum Gasteiger partial charge on any atom is -0.490 e. The fourth-order valence-corrected chi connectivity index (χ4v) is 3.73. The summed E-state index contributed by atoms with van der Waals surface area (Å²) >= 11 is 0. The van der Waals surface area contributed by atoms with Gasteiger partial charge in [-0.1, -0.05) is 19.1 Å². The number of para-hydroxylation sites is 2. The minimum atomic E-state index is 0.103. The van der Waals surface area contributed by atoms with Crippen LogP contribution in [-0.4, -0.2) is 67.5 Å². The molecule has 0 aromatic heterocycles. The average Bonchev–Trinajstić information content (AvgIpc) is 3.38. The van der Waals surface area contributed by atoms with Gasteiger partial charge in [0.25, 0.3) is 0 Å². The van der Waals surface area contributed by atoms with Crippen LogP contribution in [0.1, 0.15) is 13.3 Å². The van der Waals surface area contributed by atoms with Gasteiger partial charge in [0.2, 0.25) is 11.8 Å². The second kappa shape index (κ2) is 6.67. The summed E-state index contributed by atoms with van der Waals surface area (Å²) in [6.45, 7) is 6.66. The predicted octanol–water partition coefficient (Wildman–Crippen LogP) is 1.21. The third-order valence-electron chi connectivity index (χ3n) is 5.50. The Kier molecular flexibility index (Phi) is 4.37. The van der Waals surface area contributed by atoms with Crippen LogP contribution < -0.4 is 9.64 Å². The van der Waals surface area contributed by atoms with Crippen molar-refractivity contribution in [2.75, 3.05) is 50.8 Å². The third-order valence-corrected chi connectivity index (χ3v) is 5.50. The first-order valence-electron chi connectivity index (χ1n) is 9.17. The molecule has 2 heterocycles. The molecule has 1 aromatic rings. The lowest BCUT2D eigenvalue weighted by atomic mass is 10.2. The fourth-order valence-electron chi connectivity index (χ4n) is 3.73. The summed E-state index contributed by atoms with van der Waals surface area (Å²) in [7, 11) is 0. The highest BCUT2D eigenvalue weighted by atomic mass is 16.5. The van der Waals surface area contributed by atoms with E-state index < -0.39 is 0 Å². The molecule has 1 aliphatic carbocycles. The maximum atomic E-state index is 12.8. The standard InChI is InChI=1S/C19H25N3O3/c1-14-12-15(14)19(24)21-8-6-20(7-9-21)13-18(23)22-10-11-25-17-5-3-2-4-16(17)22/h2-5,14-15H,6-13H2,1H3. The topological polar surface area (TPSA) is 53.1 Å². The van der Waals surface area contributed by atoms with E-state index in [4.69, 9.17) is 4.74 Å². The lowest BCUT2D eigenvalue weighted by Gasteiger charge is -2.36. The summed E-state index contributed by atoms with van der Waals surface area (Å²) in [6.07, 6.45) is 1.04. The minimum absolute atomic E-state index is 0.103. The van der Waals surface area contributed by atoms with Crippen LogP contribution in [0.15, 0.2) is 24.3 Å². The van der Waals surface area contributed by atoms with Crippen LogP contribution in [0, 0.1) is 11.8 Å². The molecule has 0 radical (unpaired) electrons. The summed E-state index contributed by atoms with van der Waals surface area (Å²) < 4.78 is 5.62. The molecule has 1 saturated carbocycles. The number of carbonyl (C=O) groups excluding carboxylic acids is 2. The summed E-state index contributed by atoms with van der Waals surface area (Å²) in [6, 6.07) is 7.68. The normalized spacial score (nSPS) is 26.0. The zero-order valence-corrected chi connectivity index (χ0v) is 14.7. The van der Waals surface area contributed by atoms with Crippen molar-refractivity contribution in [3.05, 3.63) is 24.3 Å². The quantitative estimate of drug-likeness (QED) is 0.828. The van der Waals surface area contributed by atoms with Gasteiger partial charge >= 0.3 is 0 Å². The molecule has 2 amide bonds. The SMILES string of the molecule is CC1CC1C(=O)N1CCN(CC(=O)N2CCOc3ccccc32)CC1. The largest absolute Gasteiger partial charge is 0.490 e. The molecule has 2 unspecified atom stereocenters. The average molecular weight is 343 g/mol. The number of benzene rings is 1. The second-order valence-electron chi connectivity index (χ2n) is 7.28. The van der Waals surface area contributed by atoms with E-state index in [0.717, 1.165) is 44.0 Å². The number of rotatable bonds is 3. The number of hydrogen-bond acceptors (Lipinski definition) is 4. The Morgan fingerprint density at radius 3 is 2.56 bits per heavy atom. The van der Waals surface area contributed by atoms with Crippen molar-refractivity contribution in [2.24, 2.45) is 11.8 Å². The van der Waals surface area contributed by atoms with Crippen LogP contribution in [0.5, 0.6) is 5.75 Å². The van der Waals surface area contributed by atoms with Gasteiger partial charge in [-0.25, -0.2) is 0 Å². The summed E-state index contributed by atoms with van der Waals surface area (Å²) in [4.78, 5) is 31.0. The van der Waals surface area contributed by atoms with Crippen molar-refractivity contribution in [2.45, 2.75) is 13.3 Å². The Morgan fingerprint density at radius 2 is 1.84 bits per heavy atom. The maximum Gasteiger partial charge on any atom is 0.241 e. The van der Waals surface area contributed by atoms with E-state index >= 15 is 0 Å². The van der Waals surface area contributed by atoms with E-state index in [9.17, 15) is 9.59 Å². The van der Waals surface area contributed by atoms with Gasteiger partial charge in [-0.05, 0) is 24.5 Å². The number of hydrogen-bond donors (Lipinski definition) is 0. The van der Waals surface area contributed by atoms with Crippen LogP contribution in [-0.2, 0) is 9.59 Å². The van der Waals surface area contributed by atoms with Gasteiger partial charge in [0, 0.05) is 32.1 Å². The molecular formula is C19H25N3O3. The molecule has 1 aromatic carbocycles. The van der Waals surface area contributed by atoms with Crippen LogP contribution in [0.2, 0.25) is 0 Å². The number of fused-ring (bicyclic) bond motifs is 1. The summed E-state index contributed by atoms with van der Waals surface area (Å²) in [5.74, 6) is 1.98. The Labute approximate surface area is 148 Å². The van der Waals surface area contributed by atoms with Crippen LogP contribution in [0.25, 0.3) is 0 Å². The first-order valence-corrected chi connectivity index (χ1v) is 9.17. The number of anilines is 1. The van der Waals surface area contributed by atoms with Crippen molar-refractivity contribution >= 4 is 17.5 Å². The third kappa shape index (κ3) is 3.35. The lowest BCUT2D eigenvalue weighted by Crippen LogP contribution is -2.52. The zero-order chi connectivity index (χ0) is 17.4. The van der Waals surface area contributed by atoms with Gasteiger partial charge in [0.05, 0.1) is 18.8 Å². The van der Waals surface area contributed by atoms with Crippen LogP contribution >= 0.6 is 0 Å². The Morgan fingerprint density at radius 1 is 1.12 bits per heavy atom. The van der Waals surface area contributed by atoms with Gasteiger partial charge in [0.15, 0.2) is 0 Å². The highest BCUT2D eigenvalue weighted by Crippen LogP contribution is 2.39. The van der Waals surface area contributed by atoms with Crippen molar-refractivity contribution < 1.29 is 14.3 Å². The van der Waals surface area contributed by atoms with Gasteiger partial charge in [-0.15, -0.1) is 0 Å². The molecule has 4 rings (SSSR count). The lowest BCUT2D eigenvalue weighted by molar-refractivity contribution is -0.134. The highest BCUT2D eigenvalue weighted by molar-refractivity contribution is 5.96. The Hall–Kier alpha value is -2.08. The van der Waals surface area contributed by atoms with Crippen molar-refractivity contribution in [1.82, 2.24) is 9.80 Å². The molecule has 25 heavy (non-hydrogen) atoms. The molecule has 0 spiro atoms. The zero-order valence-electron chi connectivity index (χ0n) is 14.7. The van der Waals surface area contributed by atoms with E-state index in [1.807, 2.05) is 34.1 Å². The van der Waals surface area contributed by atoms with Gasteiger partial charge in [-0.2, -0.15) is 0 Å². The van der Waals surface area contributed by atoms with E-state index in [1.54, 1.807) is 0 Å². The molecule has 2 aliphatic heterocycles. The molecule has 0 bridgehead atoms. The van der Waals surface area contributed by atoms with Crippen molar-refractivity contribution in [3.63, 3.8) is 0 Å². The van der Waals surface area contributed by atoms with Crippen LogP contribution in [0.3, 0.4) is 0 Å². The maximum absolute atomic E-state index is 12.8. The van der Waals surface area contributed by atoms with Gasteiger partial charge in [0.1, 0.15) is 12.4 Å². The summed E-state index contributed by atoms with van der Waals surface area (Å²) in [5, 5.41) is 0. The Balaban J connectivity index is 1.32. The number of piperazine rings is 1. The van der Waals surface area contributed by atoms with Crippen molar-refractivity contribution in [1.29, 1.82) is 0 Å². The highest BCUT2D eigenvalue weighted by Gasteiger charge is 2.42. The number of amides is 2. The summed E-state index contributed by atoms with van der Waals surface area (Å²) in [5.41, 5.74) is 0.857. The molecule has 2 fully saturated rings. The molecular weight excluding hydrogens is 318 g/mol. The molecule has 6 heteroatoms. The van der Waals surface area contributed by atoms with Gasteiger partial charge < -0.3 is 14.5 Å². The molecule has 0 N–H and O–H groups in total. The predicted molar refractivity (Wildman–Crippen MR) is 94.6 cm³/mol. The van der Waals surface area contributed by atoms with E-state index in [-0.39, 0.29) is 11.8 Å². The van der Waals surface area contributed by atoms with E-state index in [0.29, 0.717) is 31.5 Å². The number of nitrogens with zero attached hydrogens (tertiary/aromatic N) is 3. The van der Waals surface area contributed by atoms with Crippen molar-refractivity contribution in [3.8, 4) is 5.75 Å². The number of ether oxygens (including phenoxy) is 1. The van der Waals surface area contributed by atoms with Crippen LogP contribution in [0.4, 0.5) is 5.69 Å². The molecule has 1 saturated heterocycles. The smallest absolute Gasteiger partial charge is 0.241 e. The first-order chi connectivity index (χ1) is 12.1. The van der Waals surface area contributed by atoms with Gasteiger partial charge in [-0.3, -0.25) is 14.5 Å². The van der Waals surface area contributed by atoms with E-state index in [2.05, 4.69) is 11.8 Å². The van der Waals surface area contributed by atoms with E-state index in [1.165, 1.54) is 0 Å². The number of carbonyl (C=O) groups is 2. The molecule has 6 nitrogen and oxygen atoms in total. The Bertz CT molecular complexity index is 670. The molecule has 3 aliphatic rings. The first kappa shape index (κ1) is 16.4. The molecule has 2 atom stereocenters. The second-order valence-corrected chi connectivity index (χ2v) is 7.28. The fraction of sp³-hybridized carbons (Fsp3) is 0.579. The monoisotopic (exact) mass is 343 g/mol. The molecule has 134 valence electrons.